The quantitative estimate of drug-likeness (QED) is 0.0265. The molecule has 336 valence electrons. The number of nitrogens with one attached hydrogen (secondary N) is 1. The first kappa shape index (κ1) is 53.7. The fourth-order valence-corrected chi connectivity index (χ4v) is 7.67. The lowest BCUT2D eigenvalue weighted by Gasteiger charge is -2.40. The minimum absolute atomic E-state index is 0.187. The van der Waals surface area contributed by atoms with Crippen LogP contribution in [0.15, 0.2) is 24.3 Å². The zero-order valence-electron chi connectivity index (χ0n) is 36.9. The molecule has 0 saturated carbocycles. The number of ether oxygens (including phenoxy) is 2. The molecular formula is C48H91NO8. The van der Waals surface area contributed by atoms with Crippen molar-refractivity contribution in [3.8, 4) is 0 Å². The van der Waals surface area contributed by atoms with Gasteiger partial charge in [0.25, 0.3) is 0 Å². The van der Waals surface area contributed by atoms with E-state index in [4.69, 9.17) is 9.47 Å². The zero-order valence-corrected chi connectivity index (χ0v) is 36.9. The number of rotatable bonds is 40. The first-order chi connectivity index (χ1) is 27.8. The van der Waals surface area contributed by atoms with E-state index >= 15 is 0 Å². The molecule has 1 aliphatic rings. The minimum atomic E-state index is -1.57. The zero-order chi connectivity index (χ0) is 41.6. The van der Waals surface area contributed by atoms with E-state index < -0.39 is 49.5 Å². The Morgan fingerprint density at radius 1 is 0.596 bits per heavy atom. The largest absolute Gasteiger partial charge is 0.394 e. The Labute approximate surface area is 349 Å². The van der Waals surface area contributed by atoms with Gasteiger partial charge in [-0.1, -0.05) is 212 Å². The van der Waals surface area contributed by atoms with E-state index in [-0.39, 0.29) is 12.5 Å². The van der Waals surface area contributed by atoms with Crippen LogP contribution in [0.1, 0.15) is 219 Å². The Hall–Kier alpha value is -1.33. The molecule has 1 rings (SSSR count). The molecule has 0 spiro atoms. The second-order valence-electron chi connectivity index (χ2n) is 16.9. The van der Waals surface area contributed by atoms with E-state index in [1.165, 1.54) is 167 Å². The standard InChI is InChI=1S/C48H91NO8/c1-3-5-7-9-11-13-15-17-18-19-20-21-22-23-24-26-28-30-32-34-36-38-44(52)49-41(40-56-48-47(55)46(54)45(53)43(39-50)57-48)42(51)37-35-33-31-29-27-25-16-14-12-10-8-6-4-2/h29,31,35,37,41-43,45-48,50-51,53-55H,3-28,30,32-34,36,38-40H2,1-2H3,(H,49,52)/b31-29?,37-35+/t41-,42+,43+,45+,46-,47+,48+/m0/s1. The number of amides is 1. The highest BCUT2D eigenvalue weighted by atomic mass is 16.7. The lowest BCUT2D eigenvalue weighted by atomic mass is 9.99. The Morgan fingerprint density at radius 2 is 1.04 bits per heavy atom. The van der Waals surface area contributed by atoms with Crippen LogP contribution in [0, 0.1) is 0 Å². The second kappa shape index (κ2) is 38.8. The summed E-state index contributed by atoms with van der Waals surface area (Å²) in [5.74, 6) is -0.187. The van der Waals surface area contributed by atoms with Crippen molar-refractivity contribution in [2.24, 2.45) is 0 Å². The Balaban J connectivity index is 2.30. The molecule has 7 atom stereocenters. The van der Waals surface area contributed by atoms with Gasteiger partial charge in [0.05, 0.1) is 25.4 Å². The third-order valence-corrected chi connectivity index (χ3v) is 11.6. The van der Waals surface area contributed by atoms with Crippen LogP contribution in [0.3, 0.4) is 0 Å². The molecule has 6 N–H and O–H groups in total. The predicted octanol–water partition coefficient (Wildman–Crippen LogP) is 10.3. The number of aliphatic hydroxyl groups excluding tert-OH is 5. The molecule has 1 heterocycles. The van der Waals surface area contributed by atoms with E-state index in [9.17, 15) is 30.3 Å². The van der Waals surface area contributed by atoms with E-state index in [0.29, 0.717) is 12.8 Å². The van der Waals surface area contributed by atoms with Gasteiger partial charge in [-0.15, -0.1) is 0 Å². The SMILES string of the molecule is CCCCCCCCCCC=CC/C=C/[C@@H](O)[C@H](CO[C@@H]1O[C@H](CO)[C@@H](O)[C@H](O)[C@H]1O)NC(=O)CCCCCCCCCCCCCCCCCCCCCCC. The van der Waals surface area contributed by atoms with E-state index in [1.807, 2.05) is 6.08 Å². The fraction of sp³-hybridized carbons (Fsp3) is 0.896. The van der Waals surface area contributed by atoms with Gasteiger partial charge >= 0.3 is 0 Å². The van der Waals surface area contributed by atoms with Crippen LogP contribution >= 0.6 is 0 Å². The van der Waals surface area contributed by atoms with Crippen LogP contribution in [0.25, 0.3) is 0 Å². The van der Waals surface area contributed by atoms with Gasteiger partial charge in [-0.2, -0.15) is 0 Å². The normalized spacial score (nSPS) is 21.1. The number of carbonyl (C=O) groups is 1. The molecule has 0 aromatic heterocycles. The third-order valence-electron chi connectivity index (χ3n) is 11.6. The summed E-state index contributed by atoms with van der Waals surface area (Å²) in [6, 6.07) is -0.822. The maximum Gasteiger partial charge on any atom is 0.220 e. The summed E-state index contributed by atoms with van der Waals surface area (Å²) >= 11 is 0. The average molecular weight is 810 g/mol. The molecule has 57 heavy (non-hydrogen) atoms. The van der Waals surface area contributed by atoms with Crippen LogP contribution in [-0.4, -0.2) is 87.5 Å². The van der Waals surface area contributed by atoms with Gasteiger partial charge in [0.1, 0.15) is 24.4 Å². The summed E-state index contributed by atoms with van der Waals surface area (Å²) in [6.45, 7) is 3.75. The van der Waals surface area contributed by atoms with Crippen LogP contribution in [0.2, 0.25) is 0 Å². The highest BCUT2D eigenvalue weighted by Crippen LogP contribution is 2.23. The first-order valence-electron chi connectivity index (χ1n) is 24.1. The predicted molar refractivity (Wildman–Crippen MR) is 235 cm³/mol. The molecule has 0 aromatic rings. The van der Waals surface area contributed by atoms with E-state index in [1.54, 1.807) is 6.08 Å². The van der Waals surface area contributed by atoms with Gasteiger partial charge in [-0.25, -0.2) is 0 Å². The molecule has 0 aliphatic carbocycles. The first-order valence-corrected chi connectivity index (χ1v) is 24.1. The van der Waals surface area contributed by atoms with Gasteiger partial charge in [0.2, 0.25) is 5.91 Å². The number of hydrogen-bond acceptors (Lipinski definition) is 8. The molecule has 0 radical (unpaired) electrons. The van der Waals surface area contributed by atoms with Crippen molar-refractivity contribution >= 4 is 5.91 Å². The lowest BCUT2D eigenvalue weighted by Crippen LogP contribution is -2.60. The van der Waals surface area contributed by atoms with Crippen LogP contribution in [-0.2, 0) is 14.3 Å². The van der Waals surface area contributed by atoms with Crippen molar-refractivity contribution in [2.75, 3.05) is 13.2 Å². The maximum absolute atomic E-state index is 13.0. The Morgan fingerprint density at radius 3 is 1.49 bits per heavy atom. The van der Waals surface area contributed by atoms with Crippen molar-refractivity contribution in [3.05, 3.63) is 24.3 Å². The van der Waals surface area contributed by atoms with Crippen molar-refractivity contribution in [2.45, 2.75) is 262 Å². The van der Waals surface area contributed by atoms with E-state index in [0.717, 1.165) is 25.7 Å². The molecule has 1 aliphatic heterocycles. The second-order valence-corrected chi connectivity index (χ2v) is 16.9. The van der Waals surface area contributed by atoms with Gasteiger partial charge in [0.15, 0.2) is 6.29 Å². The molecule has 9 heteroatoms. The minimum Gasteiger partial charge on any atom is -0.394 e. The molecule has 1 saturated heterocycles. The summed E-state index contributed by atoms with van der Waals surface area (Å²) in [5.41, 5.74) is 0. The smallest absolute Gasteiger partial charge is 0.220 e. The molecular weight excluding hydrogens is 719 g/mol. The fourth-order valence-electron chi connectivity index (χ4n) is 7.67. The molecule has 1 amide bonds. The Bertz CT molecular complexity index is 945. The summed E-state index contributed by atoms with van der Waals surface area (Å²) < 4.78 is 11.2. The topological polar surface area (TPSA) is 149 Å². The van der Waals surface area contributed by atoms with Crippen molar-refractivity contribution in [1.82, 2.24) is 5.32 Å². The highest BCUT2D eigenvalue weighted by Gasteiger charge is 2.44. The summed E-state index contributed by atoms with van der Waals surface area (Å²) in [6.07, 6.45) is 39.5. The van der Waals surface area contributed by atoms with Crippen LogP contribution in [0.4, 0.5) is 0 Å². The lowest BCUT2D eigenvalue weighted by molar-refractivity contribution is -0.302. The Kier molecular flexibility index (Phi) is 36.6. The summed E-state index contributed by atoms with van der Waals surface area (Å²) in [4.78, 5) is 13.0. The van der Waals surface area contributed by atoms with Gasteiger partial charge in [0, 0.05) is 6.42 Å². The molecule has 9 nitrogen and oxygen atoms in total. The number of allylic oxidation sites excluding steroid dienone is 3. The highest BCUT2D eigenvalue weighted by molar-refractivity contribution is 5.76. The van der Waals surface area contributed by atoms with Gasteiger partial charge < -0.3 is 40.3 Å². The molecule has 0 bridgehead atoms. The summed E-state index contributed by atoms with van der Waals surface area (Å²) in [7, 11) is 0. The monoisotopic (exact) mass is 810 g/mol. The van der Waals surface area contributed by atoms with Crippen molar-refractivity contribution in [1.29, 1.82) is 0 Å². The number of carbonyl (C=O) groups excluding carboxylic acids is 1. The molecule has 0 aromatic carbocycles. The number of hydrogen-bond donors (Lipinski definition) is 6. The van der Waals surface area contributed by atoms with E-state index in [2.05, 4.69) is 31.3 Å². The van der Waals surface area contributed by atoms with Gasteiger partial charge in [-0.3, -0.25) is 4.79 Å². The molecule has 0 unspecified atom stereocenters. The summed E-state index contributed by atoms with van der Waals surface area (Å²) in [5, 5.41) is 54.1. The molecule has 1 fully saturated rings. The third kappa shape index (κ3) is 29.5. The maximum atomic E-state index is 13.0. The van der Waals surface area contributed by atoms with Crippen LogP contribution < -0.4 is 5.32 Å². The number of unbranched alkanes of at least 4 members (excludes halogenated alkanes) is 28. The number of aliphatic hydroxyl groups is 5. The van der Waals surface area contributed by atoms with Crippen molar-refractivity contribution < 1.29 is 39.8 Å². The van der Waals surface area contributed by atoms with Crippen LogP contribution in [0.5, 0.6) is 0 Å². The van der Waals surface area contributed by atoms with Crippen molar-refractivity contribution in [3.63, 3.8) is 0 Å². The van der Waals surface area contributed by atoms with Gasteiger partial charge in [-0.05, 0) is 25.7 Å². The average Bonchev–Trinajstić information content (AvgIpc) is 3.21.